The quantitative estimate of drug-likeness (QED) is 0.818. The number of hydrogen-bond acceptors (Lipinski definition) is 3. The fourth-order valence-corrected chi connectivity index (χ4v) is 4.98. The molecule has 0 saturated carbocycles. The lowest BCUT2D eigenvalue weighted by molar-refractivity contribution is -0.157. The molecule has 5 nitrogen and oxygen atoms in total. The van der Waals surface area contributed by atoms with Crippen molar-refractivity contribution in [3.8, 4) is 0 Å². The molecule has 148 valence electrons. The third kappa shape index (κ3) is 3.97. The number of rotatable bonds is 4. The molecule has 4 atom stereocenters. The minimum absolute atomic E-state index is 0. The van der Waals surface area contributed by atoms with Gasteiger partial charge in [-0.1, -0.05) is 18.2 Å². The van der Waals surface area contributed by atoms with Crippen molar-refractivity contribution in [1.82, 2.24) is 15.5 Å². The molecule has 3 heterocycles. The van der Waals surface area contributed by atoms with Gasteiger partial charge in [0, 0.05) is 31.5 Å². The van der Waals surface area contributed by atoms with Gasteiger partial charge in [0.1, 0.15) is 11.9 Å². The highest BCUT2D eigenvalue weighted by Crippen LogP contribution is 2.39. The van der Waals surface area contributed by atoms with Crippen molar-refractivity contribution in [2.75, 3.05) is 19.6 Å². The van der Waals surface area contributed by atoms with Crippen molar-refractivity contribution in [2.24, 2.45) is 11.8 Å². The number of carbonyl (C=O) groups excluding carboxylic acids is 2. The number of piperidine rings is 3. The minimum Gasteiger partial charge on any atom is -0.354 e. The van der Waals surface area contributed by atoms with Gasteiger partial charge in [-0.15, -0.1) is 12.4 Å². The van der Waals surface area contributed by atoms with Crippen LogP contribution in [0.2, 0.25) is 0 Å². The van der Waals surface area contributed by atoms with Crippen LogP contribution in [0.5, 0.6) is 0 Å². The van der Waals surface area contributed by atoms with Crippen molar-refractivity contribution >= 4 is 24.2 Å². The summed E-state index contributed by atoms with van der Waals surface area (Å²) in [6, 6.07) is 6.42. The van der Waals surface area contributed by atoms with Gasteiger partial charge < -0.3 is 15.5 Å². The summed E-state index contributed by atoms with van der Waals surface area (Å²) in [5.41, 5.74) is 0.600. The zero-order valence-electron chi connectivity index (χ0n) is 15.3. The van der Waals surface area contributed by atoms with E-state index in [1.807, 2.05) is 4.90 Å². The Morgan fingerprint density at radius 3 is 2.85 bits per heavy atom. The van der Waals surface area contributed by atoms with E-state index in [1.165, 1.54) is 6.07 Å². The highest BCUT2D eigenvalue weighted by molar-refractivity contribution is 5.89. The molecule has 0 spiro atoms. The first-order chi connectivity index (χ1) is 12.6. The Labute approximate surface area is 165 Å². The van der Waals surface area contributed by atoms with E-state index in [0.29, 0.717) is 30.9 Å². The van der Waals surface area contributed by atoms with Gasteiger partial charge in [0.05, 0.1) is 0 Å². The molecule has 27 heavy (non-hydrogen) atoms. The summed E-state index contributed by atoms with van der Waals surface area (Å²) < 4.78 is 13.7. The molecule has 0 unspecified atom stereocenters. The minimum atomic E-state index is -0.391. The highest BCUT2D eigenvalue weighted by Gasteiger charge is 2.50. The maximum absolute atomic E-state index is 13.7. The van der Waals surface area contributed by atoms with Crippen LogP contribution in [0.4, 0.5) is 4.39 Å². The number of halogens is 2. The van der Waals surface area contributed by atoms with Crippen molar-refractivity contribution in [1.29, 1.82) is 0 Å². The predicted octanol–water partition coefficient (Wildman–Crippen LogP) is 1.90. The number of nitrogens with zero attached hydrogens (tertiary/aromatic N) is 1. The van der Waals surface area contributed by atoms with Crippen LogP contribution in [-0.2, 0) is 16.0 Å². The number of benzene rings is 1. The maximum atomic E-state index is 13.7. The Morgan fingerprint density at radius 1 is 1.26 bits per heavy atom. The monoisotopic (exact) mass is 395 g/mol. The third-order valence-corrected chi connectivity index (χ3v) is 6.16. The predicted molar refractivity (Wildman–Crippen MR) is 103 cm³/mol. The molecule has 0 aliphatic carbocycles. The van der Waals surface area contributed by atoms with Crippen LogP contribution in [-0.4, -0.2) is 48.4 Å². The van der Waals surface area contributed by atoms with Gasteiger partial charge in [-0.25, -0.2) is 4.39 Å². The van der Waals surface area contributed by atoms with E-state index in [9.17, 15) is 14.0 Å². The van der Waals surface area contributed by atoms with Crippen LogP contribution in [0.15, 0.2) is 24.3 Å². The molecule has 3 fully saturated rings. The number of carbonyl (C=O) groups is 2. The van der Waals surface area contributed by atoms with Crippen molar-refractivity contribution < 1.29 is 14.0 Å². The lowest BCUT2D eigenvalue weighted by Gasteiger charge is -2.53. The van der Waals surface area contributed by atoms with Gasteiger partial charge in [-0.05, 0) is 49.8 Å². The van der Waals surface area contributed by atoms with E-state index >= 15 is 0 Å². The molecule has 0 radical (unpaired) electrons. The Bertz CT molecular complexity index is 702. The van der Waals surface area contributed by atoms with E-state index < -0.39 is 6.04 Å². The number of amides is 2. The highest BCUT2D eigenvalue weighted by atomic mass is 35.5. The first kappa shape index (κ1) is 20.1. The van der Waals surface area contributed by atoms with Crippen molar-refractivity contribution in [3.63, 3.8) is 0 Å². The van der Waals surface area contributed by atoms with Crippen LogP contribution < -0.4 is 10.6 Å². The summed E-state index contributed by atoms with van der Waals surface area (Å²) in [5.74, 6) is 0.409. The molecule has 2 amide bonds. The number of nitrogens with one attached hydrogen (secondary N) is 2. The molecule has 0 aromatic heterocycles. The Hall–Kier alpha value is -1.66. The summed E-state index contributed by atoms with van der Waals surface area (Å²) in [5, 5.41) is 6.40. The smallest absolute Gasteiger partial charge is 0.243 e. The van der Waals surface area contributed by atoms with Gasteiger partial charge in [0.2, 0.25) is 11.8 Å². The topological polar surface area (TPSA) is 61.4 Å². The van der Waals surface area contributed by atoms with Crippen LogP contribution in [0.25, 0.3) is 0 Å². The summed E-state index contributed by atoms with van der Waals surface area (Å²) in [6.45, 7) is 2.09. The largest absolute Gasteiger partial charge is 0.354 e. The van der Waals surface area contributed by atoms with Crippen molar-refractivity contribution in [2.45, 2.75) is 44.2 Å². The first-order valence-corrected chi connectivity index (χ1v) is 9.68. The molecule has 3 saturated heterocycles. The van der Waals surface area contributed by atoms with Crippen LogP contribution in [0.3, 0.4) is 0 Å². The van der Waals surface area contributed by atoms with Crippen molar-refractivity contribution in [3.05, 3.63) is 35.6 Å². The van der Waals surface area contributed by atoms with Gasteiger partial charge in [-0.3, -0.25) is 9.59 Å². The number of hydrogen-bond donors (Lipinski definition) is 2. The second-order valence-corrected chi connectivity index (χ2v) is 7.75. The van der Waals surface area contributed by atoms with E-state index in [4.69, 9.17) is 0 Å². The van der Waals surface area contributed by atoms with E-state index in [0.717, 1.165) is 32.4 Å². The summed E-state index contributed by atoms with van der Waals surface area (Å²) in [4.78, 5) is 27.4. The van der Waals surface area contributed by atoms with Gasteiger partial charge in [0.15, 0.2) is 0 Å². The maximum Gasteiger partial charge on any atom is 0.243 e. The second kappa shape index (κ2) is 8.57. The zero-order valence-corrected chi connectivity index (χ0v) is 16.1. The fraction of sp³-hybridized carbons (Fsp3) is 0.600. The van der Waals surface area contributed by atoms with Crippen LogP contribution in [0.1, 0.15) is 31.2 Å². The van der Waals surface area contributed by atoms with Gasteiger partial charge in [0.25, 0.3) is 0 Å². The van der Waals surface area contributed by atoms with Crippen LogP contribution >= 0.6 is 12.4 Å². The van der Waals surface area contributed by atoms with E-state index in [-0.39, 0.29) is 42.0 Å². The molecule has 1 aromatic rings. The summed E-state index contributed by atoms with van der Waals surface area (Å²) in [6.07, 6.45) is 3.91. The van der Waals surface area contributed by atoms with E-state index in [2.05, 4.69) is 10.6 Å². The fourth-order valence-electron chi connectivity index (χ4n) is 4.98. The molecule has 3 aliphatic heterocycles. The number of fused-ring (bicyclic) bond motifs is 4. The van der Waals surface area contributed by atoms with Gasteiger partial charge >= 0.3 is 0 Å². The lowest BCUT2D eigenvalue weighted by atomic mass is 9.72. The van der Waals surface area contributed by atoms with E-state index in [1.54, 1.807) is 18.2 Å². The van der Waals surface area contributed by atoms with Gasteiger partial charge in [-0.2, -0.15) is 0 Å². The molecular formula is C20H27ClFN3O2. The first-order valence-electron chi connectivity index (χ1n) is 9.68. The molecule has 4 rings (SSSR count). The Balaban J connectivity index is 0.00000210. The zero-order chi connectivity index (χ0) is 18.1. The lowest BCUT2D eigenvalue weighted by Crippen LogP contribution is -2.68. The molecule has 2 N–H and O–H groups in total. The third-order valence-electron chi connectivity index (χ3n) is 6.16. The standard InChI is InChI=1S/C20H26FN3O2.ClH/c21-16-5-2-1-4-13(16)8-9-23-20(26)19-15-10-14(11-22-12-15)17-6-3-7-18(25)24(17)19;/h1-2,4-5,14-15,17,19,22H,3,6-12H2,(H,23,26);1H/t14-,15+,17+,19-;/m1./s1. The average molecular weight is 396 g/mol. The average Bonchev–Trinajstić information content (AvgIpc) is 2.64. The molecule has 1 aromatic carbocycles. The molecule has 7 heteroatoms. The summed E-state index contributed by atoms with van der Waals surface area (Å²) >= 11 is 0. The Morgan fingerprint density at radius 2 is 2.04 bits per heavy atom. The second-order valence-electron chi connectivity index (χ2n) is 7.75. The SMILES string of the molecule is Cl.O=C(NCCc1ccccc1F)[C@H]1[C@@H]2CNC[C@@H](C2)[C@@H]2CCCC(=O)N21. The normalized spacial score (nSPS) is 29.5. The summed E-state index contributed by atoms with van der Waals surface area (Å²) in [7, 11) is 0. The Kier molecular flexibility index (Phi) is 6.37. The molecular weight excluding hydrogens is 369 g/mol. The van der Waals surface area contributed by atoms with Crippen LogP contribution in [0, 0.1) is 17.7 Å². The molecule has 2 bridgehead atoms. The molecule has 3 aliphatic rings.